The summed E-state index contributed by atoms with van der Waals surface area (Å²) in [6, 6.07) is 5.85. The SMILES string of the molecule is COc1ccc(CNC(C)(C)CCN)c(OC)c1. The van der Waals surface area contributed by atoms with Gasteiger partial charge in [0.25, 0.3) is 0 Å². The lowest BCUT2D eigenvalue weighted by atomic mass is 10.0. The predicted molar refractivity (Wildman–Crippen MR) is 74.1 cm³/mol. The van der Waals surface area contributed by atoms with Gasteiger partial charge in [-0.3, -0.25) is 0 Å². The predicted octanol–water partition coefficient (Wildman–Crippen LogP) is 1.92. The maximum Gasteiger partial charge on any atom is 0.127 e. The number of methoxy groups -OCH3 is 2. The Hall–Kier alpha value is -1.26. The maximum absolute atomic E-state index is 5.60. The van der Waals surface area contributed by atoms with Crippen LogP contribution in [0.4, 0.5) is 0 Å². The normalized spacial score (nSPS) is 11.4. The molecule has 0 unspecified atom stereocenters. The molecule has 1 rings (SSSR count). The average molecular weight is 252 g/mol. The van der Waals surface area contributed by atoms with E-state index < -0.39 is 0 Å². The molecule has 0 aromatic heterocycles. The lowest BCUT2D eigenvalue weighted by Crippen LogP contribution is -2.40. The van der Waals surface area contributed by atoms with Gasteiger partial charge in [0.1, 0.15) is 11.5 Å². The van der Waals surface area contributed by atoms with E-state index in [0.717, 1.165) is 30.0 Å². The molecular formula is C14H24N2O2. The fourth-order valence-electron chi connectivity index (χ4n) is 1.78. The molecule has 0 aliphatic heterocycles. The highest BCUT2D eigenvalue weighted by atomic mass is 16.5. The van der Waals surface area contributed by atoms with Gasteiger partial charge in [0.15, 0.2) is 0 Å². The fraction of sp³-hybridized carbons (Fsp3) is 0.571. The van der Waals surface area contributed by atoms with Gasteiger partial charge in [0.2, 0.25) is 0 Å². The Labute approximate surface area is 109 Å². The molecule has 0 spiro atoms. The van der Waals surface area contributed by atoms with Crippen LogP contribution in [0, 0.1) is 0 Å². The summed E-state index contributed by atoms with van der Waals surface area (Å²) in [4.78, 5) is 0. The zero-order valence-corrected chi connectivity index (χ0v) is 11.7. The third-order valence-corrected chi connectivity index (χ3v) is 3.02. The molecular weight excluding hydrogens is 228 g/mol. The highest BCUT2D eigenvalue weighted by Crippen LogP contribution is 2.25. The van der Waals surface area contributed by atoms with Gasteiger partial charge in [-0.25, -0.2) is 0 Å². The van der Waals surface area contributed by atoms with E-state index in [1.54, 1.807) is 14.2 Å². The zero-order chi connectivity index (χ0) is 13.6. The first-order chi connectivity index (χ1) is 8.52. The van der Waals surface area contributed by atoms with E-state index in [1.807, 2.05) is 18.2 Å². The van der Waals surface area contributed by atoms with Gasteiger partial charge in [-0.1, -0.05) is 6.07 Å². The molecule has 3 N–H and O–H groups in total. The van der Waals surface area contributed by atoms with Crippen LogP contribution in [-0.2, 0) is 6.54 Å². The zero-order valence-electron chi connectivity index (χ0n) is 11.7. The van der Waals surface area contributed by atoms with Gasteiger partial charge >= 0.3 is 0 Å². The highest BCUT2D eigenvalue weighted by molar-refractivity contribution is 5.40. The molecule has 0 atom stereocenters. The summed E-state index contributed by atoms with van der Waals surface area (Å²) in [7, 11) is 3.32. The van der Waals surface area contributed by atoms with Crippen molar-refractivity contribution in [2.24, 2.45) is 5.73 Å². The van der Waals surface area contributed by atoms with Crippen molar-refractivity contribution in [3.8, 4) is 11.5 Å². The Morgan fingerprint density at radius 3 is 2.50 bits per heavy atom. The lowest BCUT2D eigenvalue weighted by Gasteiger charge is -2.26. The summed E-state index contributed by atoms with van der Waals surface area (Å²) in [5, 5.41) is 3.49. The van der Waals surface area contributed by atoms with Crippen molar-refractivity contribution in [2.75, 3.05) is 20.8 Å². The minimum absolute atomic E-state index is 0.0275. The monoisotopic (exact) mass is 252 g/mol. The topological polar surface area (TPSA) is 56.5 Å². The average Bonchev–Trinajstić information content (AvgIpc) is 2.36. The van der Waals surface area contributed by atoms with Crippen molar-refractivity contribution in [1.29, 1.82) is 0 Å². The molecule has 0 saturated carbocycles. The molecule has 0 saturated heterocycles. The van der Waals surface area contributed by atoms with Gasteiger partial charge in [-0.05, 0) is 32.9 Å². The summed E-state index contributed by atoms with van der Waals surface area (Å²) in [5.74, 6) is 1.64. The van der Waals surface area contributed by atoms with Crippen molar-refractivity contribution in [3.63, 3.8) is 0 Å². The molecule has 0 radical (unpaired) electrons. The molecule has 0 bridgehead atoms. The van der Waals surface area contributed by atoms with Crippen LogP contribution in [0.1, 0.15) is 25.8 Å². The highest BCUT2D eigenvalue weighted by Gasteiger charge is 2.16. The van der Waals surface area contributed by atoms with Crippen LogP contribution in [0.5, 0.6) is 11.5 Å². The fourth-order valence-corrected chi connectivity index (χ4v) is 1.78. The minimum atomic E-state index is 0.0275. The van der Waals surface area contributed by atoms with E-state index in [2.05, 4.69) is 19.2 Å². The summed E-state index contributed by atoms with van der Waals surface area (Å²) in [5.41, 5.74) is 6.74. The number of ether oxygens (including phenoxy) is 2. The van der Waals surface area contributed by atoms with Crippen LogP contribution >= 0.6 is 0 Å². The van der Waals surface area contributed by atoms with Crippen molar-refractivity contribution in [1.82, 2.24) is 5.32 Å². The Morgan fingerprint density at radius 2 is 1.94 bits per heavy atom. The second-order valence-electron chi connectivity index (χ2n) is 4.95. The van der Waals surface area contributed by atoms with Crippen molar-refractivity contribution >= 4 is 0 Å². The third kappa shape index (κ3) is 4.20. The van der Waals surface area contributed by atoms with Gasteiger partial charge in [0, 0.05) is 23.7 Å². The van der Waals surface area contributed by atoms with Crippen LogP contribution in [0.25, 0.3) is 0 Å². The van der Waals surface area contributed by atoms with Crippen LogP contribution in [0.15, 0.2) is 18.2 Å². The van der Waals surface area contributed by atoms with E-state index in [-0.39, 0.29) is 5.54 Å². The van der Waals surface area contributed by atoms with Gasteiger partial charge in [0.05, 0.1) is 14.2 Å². The number of hydrogen-bond acceptors (Lipinski definition) is 4. The van der Waals surface area contributed by atoms with E-state index in [0.29, 0.717) is 6.54 Å². The van der Waals surface area contributed by atoms with Crippen molar-refractivity contribution in [3.05, 3.63) is 23.8 Å². The van der Waals surface area contributed by atoms with Gasteiger partial charge in [-0.2, -0.15) is 0 Å². The first kappa shape index (κ1) is 14.8. The van der Waals surface area contributed by atoms with Crippen LogP contribution in [-0.4, -0.2) is 26.3 Å². The van der Waals surface area contributed by atoms with E-state index in [4.69, 9.17) is 15.2 Å². The number of rotatable bonds is 7. The standard InChI is InChI=1S/C14H24N2O2/c1-14(2,7-8-15)16-10-11-5-6-12(17-3)9-13(11)18-4/h5-6,9,16H,7-8,10,15H2,1-4H3. The first-order valence-corrected chi connectivity index (χ1v) is 6.18. The summed E-state index contributed by atoms with van der Waals surface area (Å²) >= 11 is 0. The molecule has 0 fully saturated rings. The Bertz CT molecular complexity index is 378. The number of benzene rings is 1. The second-order valence-corrected chi connectivity index (χ2v) is 4.95. The van der Waals surface area contributed by atoms with E-state index in [9.17, 15) is 0 Å². The molecule has 1 aromatic rings. The van der Waals surface area contributed by atoms with Gasteiger partial charge < -0.3 is 20.5 Å². The Morgan fingerprint density at radius 1 is 1.22 bits per heavy atom. The molecule has 4 nitrogen and oxygen atoms in total. The number of nitrogens with two attached hydrogens (primary N) is 1. The lowest BCUT2D eigenvalue weighted by molar-refractivity contribution is 0.355. The molecule has 1 aromatic carbocycles. The molecule has 0 aliphatic rings. The molecule has 0 amide bonds. The van der Waals surface area contributed by atoms with E-state index in [1.165, 1.54) is 0 Å². The number of nitrogens with one attached hydrogen (secondary N) is 1. The Balaban J connectivity index is 2.72. The van der Waals surface area contributed by atoms with Crippen LogP contribution in [0.3, 0.4) is 0 Å². The Kier molecular flexibility index (Phi) is 5.44. The summed E-state index contributed by atoms with van der Waals surface area (Å²) in [6.07, 6.45) is 0.936. The van der Waals surface area contributed by atoms with Crippen molar-refractivity contribution < 1.29 is 9.47 Å². The van der Waals surface area contributed by atoms with E-state index >= 15 is 0 Å². The smallest absolute Gasteiger partial charge is 0.127 e. The second kappa shape index (κ2) is 6.61. The largest absolute Gasteiger partial charge is 0.497 e. The molecule has 18 heavy (non-hydrogen) atoms. The van der Waals surface area contributed by atoms with Crippen LogP contribution < -0.4 is 20.5 Å². The van der Waals surface area contributed by atoms with Gasteiger partial charge in [-0.15, -0.1) is 0 Å². The minimum Gasteiger partial charge on any atom is -0.497 e. The number of hydrogen-bond donors (Lipinski definition) is 2. The molecule has 0 heterocycles. The summed E-state index contributed by atoms with van der Waals surface area (Å²) in [6.45, 7) is 5.73. The summed E-state index contributed by atoms with van der Waals surface area (Å²) < 4.78 is 10.5. The van der Waals surface area contributed by atoms with Crippen molar-refractivity contribution in [2.45, 2.75) is 32.4 Å². The van der Waals surface area contributed by atoms with Crippen LogP contribution in [0.2, 0.25) is 0 Å². The third-order valence-electron chi connectivity index (χ3n) is 3.02. The quantitative estimate of drug-likeness (QED) is 0.778. The molecule has 4 heteroatoms. The molecule has 102 valence electrons. The first-order valence-electron chi connectivity index (χ1n) is 6.18. The molecule has 0 aliphatic carbocycles. The maximum atomic E-state index is 5.60.